The van der Waals surface area contributed by atoms with Crippen LogP contribution in [0.3, 0.4) is 0 Å². The van der Waals surface area contributed by atoms with E-state index >= 15 is 0 Å². The van der Waals surface area contributed by atoms with Crippen molar-refractivity contribution in [2.24, 2.45) is 0 Å². The van der Waals surface area contributed by atoms with Crippen LogP contribution in [0.25, 0.3) is 22.6 Å². The smallest absolute Gasteiger partial charge is 0.303 e. The number of carbonyl (C=O) groups excluding carboxylic acids is 4. The Bertz CT molecular complexity index is 1760. The summed E-state index contributed by atoms with van der Waals surface area (Å²) in [6.07, 6.45) is -4.17. The van der Waals surface area contributed by atoms with Crippen LogP contribution in [-0.2, 0) is 55.7 Å². The Morgan fingerprint density at radius 3 is 2.20 bits per heavy atom. The van der Waals surface area contributed by atoms with Crippen LogP contribution >= 0.6 is 12.2 Å². The van der Waals surface area contributed by atoms with Crippen LogP contribution in [-0.4, -0.2) is 59.5 Å². The fourth-order valence-electron chi connectivity index (χ4n) is 5.97. The predicted molar refractivity (Wildman–Crippen MR) is 158 cm³/mol. The van der Waals surface area contributed by atoms with Gasteiger partial charge in [-0.3, -0.25) is 23.7 Å². The second kappa shape index (κ2) is 13.1. The van der Waals surface area contributed by atoms with E-state index in [1.807, 2.05) is 24.3 Å². The molecule has 0 N–H and O–H groups in total. The van der Waals surface area contributed by atoms with Crippen LogP contribution in [0.2, 0.25) is 0 Å². The minimum atomic E-state index is -1.44. The summed E-state index contributed by atoms with van der Waals surface area (Å²) in [6.45, 7) is 4.22. The molecule has 45 heavy (non-hydrogen) atoms. The summed E-state index contributed by atoms with van der Waals surface area (Å²) in [5.74, 6) is -2.54. The molecule has 0 unspecified atom stereocenters. The maximum atomic E-state index is 12.5. The lowest BCUT2D eigenvalue weighted by Crippen LogP contribution is -2.60. The minimum Gasteiger partial charge on any atom is -0.463 e. The van der Waals surface area contributed by atoms with Gasteiger partial charge in [0.1, 0.15) is 23.4 Å². The summed E-state index contributed by atoms with van der Waals surface area (Å²) < 4.78 is 36.0. The van der Waals surface area contributed by atoms with Gasteiger partial charge in [-0.15, -0.1) is 0 Å². The summed E-state index contributed by atoms with van der Waals surface area (Å²) in [4.78, 5) is 49.0. The molecule has 5 atom stereocenters. The first-order chi connectivity index (χ1) is 21.5. The third kappa shape index (κ3) is 6.25. The third-order valence-electron chi connectivity index (χ3n) is 7.53. The van der Waals surface area contributed by atoms with Crippen LogP contribution in [0.1, 0.15) is 50.6 Å². The van der Waals surface area contributed by atoms with Crippen molar-refractivity contribution in [2.45, 2.75) is 71.2 Å². The van der Waals surface area contributed by atoms with Gasteiger partial charge < -0.3 is 28.1 Å². The molecule has 2 aliphatic rings. The van der Waals surface area contributed by atoms with Gasteiger partial charge in [-0.05, 0) is 41.7 Å². The lowest BCUT2D eigenvalue weighted by Gasteiger charge is -2.45. The number of ether oxygens (including phenoxy) is 5. The molecule has 13 heteroatoms. The average molecular weight is 635 g/mol. The van der Waals surface area contributed by atoms with Crippen LogP contribution in [0.15, 0.2) is 47.1 Å². The number of benzene rings is 1. The van der Waals surface area contributed by atoms with Gasteiger partial charge >= 0.3 is 23.9 Å². The number of aromatic nitrogens is 1. The first-order valence-corrected chi connectivity index (χ1v) is 14.6. The van der Waals surface area contributed by atoms with Gasteiger partial charge in [0.2, 0.25) is 0 Å². The van der Waals surface area contributed by atoms with E-state index in [9.17, 15) is 24.4 Å². The molecular weight excluding hydrogens is 604 g/mol. The highest BCUT2D eigenvalue weighted by molar-refractivity contribution is 7.71. The molecular formula is C32H30N2O10S. The number of rotatable bonds is 7. The van der Waals surface area contributed by atoms with E-state index in [0.717, 1.165) is 37.5 Å². The highest BCUT2D eigenvalue weighted by atomic mass is 32.1. The fourth-order valence-corrected chi connectivity index (χ4v) is 6.31. The Labute approximate surface area is 263 Å². The van der Waals surface area contributed by atoms with Crippen molar-refractivity contribution in [1.29, 1.82) is 5.26 Å². The number of fused-ring (bicyclic) bond motifs is 3. The van der Waals surface area contributed by atoms with Crippen LogP contribution < -0.4 is 0 Å². The quantitative estimate of drug-likeness (QED) is 0.206. The molecule has 3 heterocycles. The van der Waals surface area contributed by atoms with Gasteiger partial charge in [0.05, 0.1) is 17.5 Å². The normalized spacial score (nSPS) is 21.8. The molecule has 234 valence electrons. The van der Waals surface area contributed by atoms with Crippen LogP contribution in [0, 0.1) is 16.0 Å². The van der Waals surface area contributed by atoms with Gasteiger partial charge in [0.25, 0.3) is 0 Å². The van der Waals surface area contributed by atoms with E-state index in [0.29, 0.717) is 29.9 Å². The van der Waals surface area contributed by atoms with E-state index in [1.54, 1.807) is 12.1 Å². The maximum Gasteiger partial charge on any atom is 0.303 e. The molecule has 2 aromatic heterocycles. The predicted octanol–water partition coefficient (Wildman–Crippen LogP) is 4.37. The first kappa shape index (κ1) is 31.6. The Kier molecular flexibility index (Phi) is 9.17. The third-order valence-corrected chi connectivity index (χ3v) is 7.93. The number of pyridine rings is 1. The molecule has 1 aliphatic heterocycles. The molecule has 0 radical (unpaired) electrons. The molecule has 3 aromatic rings. The first-order valence-electron chi connectivity index (χ1n) is 14.2. The number of esters is 4. The number of carbonyl (C=O) groups is 4. The number of furan rings is 1. The van der Waals surface area contributed by atoms with Crippen molar-refractivity contribution in [3.05, 3.63) is 64.0 Å². The van der Waals surface area contributed by atoms with Gasteiger partial charge in [-0.1, -0.05) is 36.5 Å². The molecule has 0 spiro atoms. The minimum absolute atomic E-state index is 0.0280. The molecule has 0 bridgehead atoms. The average Bonchev–Trinajstić information content (AvgIpc) is 3.52. The number of hydrogen-bond donors (Lipinski definition) is 0. The van der Waals surface area contributed by atoms with E-state index < -0.39 is 61.1 Å². The van der Waals surface area contributed by atoms with Crippen molar-refractivity contribution in [3.63, 3.8) is 0 Å². The summed E-state index contributed by atoms with van der Waals surface area (Å²) in [5, 5.41) is 10.5. The molecule has 1 saturated heterocycles. The van der Waals surface area contributed by atoms with Gasteiger partial charge in [-0.25, -0.2) is 0 Å². The Morgan fingerprint density at radius 1 is 0.911 bits per heavy atom. The monoisotopic (exact) mass is 634 g/mol. The van der Waals surface area contributed by atoms with Crippen molar-refractivity contribution in [1.82, 2.24) is 4.57 Å². The number of hydrogen-bond acceptors (Lipinski definition) is 12. The van der Waals surface area contributed by atoms with Crippen LogP contribution in [0.4, 0.5) is 0 Å². The van der Waals surface area contributed by atoms with E-state index in [4.69, 9.17) is 40.3 Å². The van der Waals surface area contributed by atoms with Crippen molar-refractivity contribution < 1.29 is 47.3 Å². The van der Waals surface area contributed by atoms with Crippen LogP contribution in [0.5, 0.6) is 0 Å². The fraction of sp³-hybridized carbons (Fsp3) is 0.375. The SMILES string of the molecule is CC(=O)OC[C@H]1O[C@@H](n2c(-c3ccco3)c3c(c(C#N)c2=S)-c2ccccc2CC3)[C@H](OC(C)=O)[C@@H](OC(C)=O)[C@@H]1OC(C)=O. The van der Waals surface area contributed by atoms with Gasteiger partial charge in [-0.2, -0.15) is 5.26 Å². The summed E-state index contributed by atoms with van der Waals surface area (Å²) >= 11 is 5.98. The Balaban J connectivity index is 1.82. The summed E-state index contributed by atoms with van der Waals surface area (Å²) in [6, 6.07) is 13.4. The van der Waals surface area contributed by atoms with Crippen molar-refractivity contribution in [2.75, 3.05) is 6.61 Å². The zero-order valence-corrected chi connectivity index (χ0v) is 25.8. The zero-order chi connectivity index (χ0) is 32.4. The maximum absolute atomic E-state index is 12.5. The number of nitriles is 1. The lowest BCUT2D eigenvalue weighted by atomic mass is 9.82. The number of nitrogens with zero attached hydrogens (tertiary/aromatic N) is 2. The van der Waals surface area contributed by atoms with E-state index in [2.05, 4.69) is 6.07 Å². The topological polar surface area (TPSA) is 156 Å². The van der Waals surface area contributed by atoms with Gasteiger partial charge in [0.15, 0.2) is 30.3 Å². The van der Waals surface area contributed by atoms with Crippen molar-refractivity contribution in [3.8, 4) is 28.7 Å². The largest absolute Gasteiger partial charge is 0.463 e. The van der Waals surface area contributed by atoms with E-state index in [-0.39, 0.29) is 10.2 Å². The highest BCUT2D eigenvalue weighted by Gasteiger charge is 2.53. The molecule has 1 aromatic carbocycles. The molecule has 0 amide bonds. The zero-order valence-electron chi connectivity index (χ0n) is 24.9. The summed E-state index contributed by atoms with van der Waals surface area (Å²) in [5.41, 5.74) is 3.92. The summed E-state index contributed by atoms with van der Waals surface area (Å²) in [7, 11) is 0. The molecule has 1 fully saturated rings. The Hall–Kier alpha value is -4.80. The molecule has 12 nitrogen and oxygen atoms in total. The molecule has 0 saturated carbocycles. The lowest BCUT2D eigenvalue weighted by molar-refractivity contribution is -0.268. The van der Waals surface area contributed by atoms with E-state index in [1.165, 1.54) is 17.8 Å². The highest BCUT2D eigenvalue weighted by Crippen LogP contribution is 2.45. The van der Waals surface area contributed by atoms with Gasteiger partial charge in [0, 0.05) is 33.3 Å². The molecule has 1 aliphatic carbocycles. The Morgan fingerprint density at radius 2 is 1.58 bits per heavy atom. The standard InChI is InChI=1S/C32H30N2O10S/c1-16(35)40-15-25-28(41-17(2)36)29(42-18(3)37)30(43-19(4)38)31(44-25)34-27(24-10-7-13-39-24)22-12-11-20-8-5-6-9-21(20)26(22)23(14-33)32(34)45/h5-10,13,25,28-31H,11-12,15H2,1-4H3/t25-,28-,29+,30-,31-/m1/s1. The van der Waals surface area contributed by atoms with Crippen molar-refractivity contribution >= 4 is 36.1 Å². The molecule has 5 rings (SSSR count). The number of aryl methyl sites for hydroxylation is 1. The second-order valence-electron chi connectivity index (χ2n) is 10.6. The second-order valence-corrected chi connectivity index (χ2v) is 11.0.